The number of alkyl halides is 3. The van der Waals surface area contributed by atoms with E-state index in [4.69, 9.17) is 4.74 Å². The Morgan fingerprint density at radius 1 is 1.14 bits per heavy atom. The molecule has 0 amide bonds. The predicted octanol–water partition coefficient (Wildman–Crippen LogP) is 8.12. The molecule has 1 N–H and O–H groups in total. The van der Waals surface area contributed by atoms with Crippen LogP contribution in [0.1, 0.15) is 94.1 Å². The number of carboxylic acid groups (broad SMARTS) is 1. The van der Waals surface area contributed by atoms with Crippen LogP contribution in [0.5, 0.6) is 5.75 Å². The Bertz CT molecular complexity index is 1240. The van der Waals surface area contributed by atoms with E-state index in [2.05, 4.69) is 11.5 Å². The first-order valence-corrected chi connectivity index (χ1v) is 12.6. The first-order valence-electron chi connectivity index (χ1n) is 12.6. The highest BCUT2D eigenvalue weighted by molar-refractivity contribution is 5.92. The lowest BCUT2D eigenvalue weighted by atomic mass is 9.84. The lowest BCUT2D eigenvalue weighted by Crippen LogP contribution is -2.23. The van der Waals surface area contributed by atoms with Crippen LogP contribution >= 0.6 is 0 Å². The number of hydrogen-bond donors (Lipinski definition) is 1. The van der Waals surface area contributed by atoms with E-state index in [0.29, 0.717) is 6.42 Å². The van der Waals surface area contributed by atoms with Crippen LogP contribution in [0.15, 0.2) is 42.5 Å². The van der Waals surface area contributed by atoms with E-state index in [1.807, 2.05) is 39.0 Å². The first-order chi connectivity index (χ1) is 16.9. The molecule has 0 radical (unpaired) electrons. The van der Waals surface area contributed by atoms with Gasteiger partial charge in [0.05, 0.1) is 23.5 Å². The summed E-state index contributed by atoms with van der Waals surface area (Å²) in [6, 6.07) is 11.1. The van der Waals surface area contributed by atoms with E-state index in [1.165, 1.54) is 0 Å². The van der Waals surface area contributed by atoms with Crippen molar-refractivity contribution in [2.45, 2.75) is 90.0 Å². The largest absolute Gasteiger partial charge is 0.487 e. The highest BCUT2D eigenvalue weighted by Gasteiger charge is 2.34. The van der Waals surface area contributed by atoms with Crippen molar-refractivity contribution in [3.05, 3.63) is 64.8 Å². The van der Waals surface area contributed by atoms with Gasteiger partial charge in [0.1, 0.15) is 11.4 Å². The molecule has 1 heterocycles. The summed E-state index contributed by atoms with van der Waals surface area (Å²) in [6.45, 7) is 8.03. The summed E-state index contributed by atoms with van der Waals surface area (Å²) in [7, 11) is 0. The van der Waals surface area contributed by atoms with E-state index in [1.54, 1.807) is 12.1 Å². The molecule has 194 valence electrons. The Morgan fingerprint density at radius 2 is 1.83 bits per heavy atom. The SMILES string of the molecule is CCCC(c1ccc(C(F)(F)F)cc1)n1c2c(c3c(OC(C)(C)C)cccc31)CCCC2CC(=O)O. The van der Waals surface area contributed by atoms with Crippen LogP contribution in [-0.2, 0) is 17.4 Å². The monoisotopic (exact) mass is 501 g/mol. The van der Waals surface area contributed by atoms with Gasteiger partial charge in [0.25, 0.3) is 0 Å². The van der Waals surface area contributed by atoms with E-state index in [0.717, 1.165) is 71.3 Å². The third-order valence-corrected chi connectivity index (χ3v) is 6.83. The summed E-state index contributed by atoms with van der Waals surface area (Å²) in [4.78, 5) is 11.8. The number of aromatic nitrogens is 1. The molecule has 1 aromatic heterocycles. The molecule has 2 atom stereocenters. The zero-order chi connectivity index (χ0) is 26.3. The number of fused-ring (bicyclic) bond motifs is 3. The minimum atomic E-state index is -4.40. The van der Waals surface area contributed by atoms with Crippen molar-refractivity contribution in [3.8, 4) is 5.75 Å². The van der Waals surface area contributed by atoms with Crippen LogP contribution in [0.3, 0.4) is 0 Å². The molecule has 3 aromatic rings. The Kier molecular flexibility index (Phi) is 7.13. The van der Waals surface area contributed by atoms with Crippen molar-refractivity contribution in [1.29, 1.82) is 0 Å². The zero-order valence-electron chi connectivity index (χ0n) is 21.3. The maximum absolute atomic E-state index is 13.3. The van der Waals surface area contributed by atoms with Gasteiger partial charge < -0.3 is 14.4 Å². The third kappa shape index (κ3) is 5.25. The van der Waals surface area contributed by atoms with Gasteiger partial charge in [0, 0.05) is 17.0 Å². The van der Waals surface area contributed by atoms with Crippen molar-refractivity contribution in [1.82, 2.24) is 4.57 Å². The third-order valence-electron chi connectivity index (χ3n) is 6.83. The molecule has 1 aliphatic carbocycles. The number of halogens is 3. The number of carbonyl (C=O) groups is 1. The minimum absolute atomic E-state index is 0.0185. The molecule has 4 rings (SSSR count). The molecule has 2 aromatic carbocycles. The Hall–Kier alpha value is -2.96. The summed E-state index contributed by atoms with van der Waals surface area (Å²) in [6.07, 6.45) is -0.392. The van der Waals surface area contributed by atoms with Gasteiger partial charge in [-0.15, -0.1) is 0 Å². The van der Waals surface area contributed by atoms with Crippen molar-refractivity contribution in [2.75, 3.05) is 0 Å². The van der Waals surface area contributed by atoms with Crippen molar-refractivity contribution >= 4 is 16.9 Å². The zero-order valence-corrected chi connectivity index (χ0v) is 21.3. The van der Waals surface area contributed by atoms with Crippen molar-refractivity contribution < 1.29 is 27.8 Å². The van der Waals surface area contributed by atoms with Crippen LogP contribution < -0.4 is 4.74 Å². The molecule has 0 spiro atoms. The molecular formula is C29H34F3NO3. The molecule has 0 fully saturated rings. The average molecular weight is 502 g/mol. The second-order valence-corrected chi connectivity index (χ2v) is 10.7. The van der Waals surface area contributed by atoms with Crippen LogP contribution in [0, 0.1) is 0 Å². The van der Waals surface area contributed by atoms with Crippen LogP contribution in [-0.4, -0.2) is 21.2 Å². The summed E-state index contributed by atoms with van der Waals surface area (Å²) < 4.78 is 48.3. The lowest BCUT2D eigenvalue weighted by Gasteiger charge is -2.29. The fraction of sp³-hybridized carbons (Fsp3) is 0.483. The van der Waals surface area contributed by atoms with Gasteiger partial charge >= 0.3 is 12.1 Å². The number of hydrogen-bond acceptors (Lipinski definition) is 2. The van der Waals surface area contributed by atoms with Gasteiger partial charge in [-0.3, -0.25) is 4.79 Å². The molecule has 4 nitrogen and oxygen atoms in total. The van der Waals surface area contributed by atoms with E-state index >= 15 is 0 Å². The van der Waals surface area contributed by atoms with Crippen LogP contribution in [0.25, 0.3) is 10.9 Å². The first kappa shape index (κ1) is 26.1. The number of nitrogens with zero attached hydrogens (tertiary/aromatic N) is 1. The van der Waals surface area contributed by atoms with Gasteiger partial charge in [-0.25, -0.2) is 0 Å². The maximum atomic E-state index is 13.3. The summed E-state index contributed by atoms with van der Waals surface area (Å²) in [5, 5.41) is 10.7. The molecule has 0 saturated heterocycles. The molecular weight excluding hydrogens is 467 g/mol. The predicted molar refractivity (Wildman–Crippen MR) is 135 cm³/mol. The van der Waals surface area contributed by atoms with E-state index < -0.39 is 23.3 Å². The normalized spacial score (nSPS) is 17.1. The number of carboxylic acids is 1. The smallest absolute Gasteiger partial charge is 0.416 e. The number of aryl methyl sites for hydroxylation is 1. The molecule has 0 aliphatic heterocycles. The van der Waals surface area contributed by atoms with Crippen molar-refractivity contribution in [2.24, 2.45) is 0 Å². The van der Waals surface area contributed by atoms with Crippen molar-refractivity contribution in [3.63, 3.8) is 0 Å². The van der Waals surface area contributed by atoms with Gasteiger partial charge in [-0.05, 0) is 81.8 Å². The Morgan fingerprint density at radius 3 is 2.42 bits per heavy atom. The second kappa shape index (κ2) is 9.83. The molecule has 7 heteroatoms. The number of ether oxygens (including phenoxy) is 1. The van der Waals surface area contributed by atoms with Gasteiger partial charge in [-0.2, -0.15) is 13.2 Å². The maximum Gasteiger partial charge on any atom is 0.416 e. The Labute approximate surface area is 210 Å². The highest BCUT2D eigenvalue weighted by Crippen LogP contribution is 2.47. The molecule has 1 aliphatic rings. The fourth-order valence-corrected chi connectivity index (χ4v) is 5.56. The number of benzene rings is 2. The van der Waals surface area contributed by atoms with Crippen LogP contribution in [0.4, 0.5) is 13.2 Å². The van der Waals surface area contributed by atoms with Gasteiger partial charge in [0.2, 0.25) is 0 Å². The number of aliphatic carboxylic acids is 1. The summed E-state index contributed by atoms with van der Waals surface area (Å²) in [5.74, 6) is -0.263. The number of rotatable bonds is 7. The minimum Gasteiger partial charge on any atom is -0.487 e. The van der Waals surface area contributed by atoms with E-state index in [9.17, 15) is 23.1 Å². The topological polar surface area (TPSA) is 51.5 Å². The highest BCUT2D eigenvalue weighted by atomic mass is 19.4. The summed E-state index contributed by atoms with van der Waals surface area (Å²) >= 11 is 0. The van der Waals surface area contributed by atoms with Gasteiger partial charge in [0.15, 0.2) is 0 Å². The fourth-order valence-electron chi connectivity index (χ4n) is 5.56. The van der Waals surface area contributed by atoms with Gasteiger partial charge in [-0.1, -0.05) is 31.5 Å². The quantitative estimate of drug-likeness (QED) is 0.356. The average Bonchev–Trinajstić information content (AvgIpc) is 3.12. The second-order valence-electron chi connectivity index (χ2n) is 10.7. The molecule has 36 heavy (non-hydrogen) atoms. The summed E-state index contributed by atoms with van der Waals surface area (Å²) in [5.41, 5.74) is 2.72. The standard InChI is InChI=1S/C29H34F3NO3/c1-5-8-22(18-13-15-20(16-14-18)29(30,31)32)33-23-11-7-12-24(36-28(2,3)4)26(23)21-10-6-9-19(27(21)33)17-25(34)35/h7,11-16,19,22H,5-6,8-10,17H2,1-4H3,(H,34,35). The molecule has 2 unspecified atom stereocenters. The molecule has 0 bridgehead atoms. The Balaban J connectivity index is 1.98. The van der Waals surface area contributed by atoms with E-state index in [-0.39, 0.29) is 18.4 Å². The van der Waals surface area contributed by atoms with Crippen LogP contribution in [0.2, 0.25) is 0 Å². The molecule has 0 saturated carbocycles. The lowest BCUT2D eigenvalue weighted by molar-refractivity contribution is -0.138.